The first-order valence-corrected chi connectivity index (χ1v) is 8.40. The number of aromatic nitrogens is 4. The van der Waals surface area contributed by atoms with Gasteiger partial charge in [0.05, 0.1) is 12.1 Å². The molecule has 1 N–H and O–H groups in total. The van der Waals surface area contributed by atoms with Crippen LogP contribution in [-0.4, -0.2) is 51.2 Å². The van der Waals surface area contributed by atoms with Gasteiger partial charge in [-0.2, -0.15) is 5.10 Å². The largest absolute Gasteiger partial charge is 0.368 e. The van der Waals surface area contributed by atoms with Crippen LogP contribution in [0.5, 0.6) is 0 Å². The van der Waals surface area contributed by atoms with E-state index in [9.17, 15) is 0 Å². The van der Waals surface area contributed by atoms with Crippen molar-refractivity contribution >= 4 is 16.6 Å². The molecule has 2 aromatic heterocycles. The molecule has 3 aromatic rings. The van der Waals surface area contributed by atoms with Crippen molar-refractivity contribution in [2.45, 2.75) is 20.4 Å². The normalized spacial score (nSPS) is 16.0. The Balaban J connectivity index is 1.50. The molecule has 0 amide bonds. The zero-order valence-electron chi connectivity index (χ0n) is 14.2. The van der Waals surface area contributed by atoms with E-state index < -0.39 is 0 Å². The van der Waals surface area contributed by atoms with E-state index in [1.807, 2.05) is 6.92 Å². The van der Waals surface area contributed by atoms with Gasteiger partial charge in [-0.15, -0.1) is 0 Å². The average molecular weight is 322 g/mol. The van der Waals surface area contributed by atoms with E-state index in [1.165, 1.54) is 11.1 Å². The molecule has 3 heterocycles. The molecular weight excluding hydrogens is 300 g/mol. The van der Waals surface area contributed by atoms with Crippen molar-refractivity contribution in [3.8, 4) is 0 Å². The molecule has 124 valence electrons. The number of fused-ring (bicyclic) bond motifs is 1. The Morgan fingerprint density at radius 1 is 1.04 bits per heavy atom. The van der Waals surface area contributed by atoms with Crippen LogP contribution >= 0.6 is 0 Å². The van der Waals surface area contributed by atoms with Crippen LogP contribution in [0.25, 0.3) is 10.9 Å². The first kappa shape index (κ1) is 15.1. The third kappa shape index (κ3) is 2.97. The Hall–Kier alpha value is -2.47. The quantitative estimate of drug-likeness (QED) is 0.802. The van der Waals surface area contributed by atoms with Gasteiger partial charge in [0.15, 0.2) is 5.82 Å². The lowest BCUT2D eigenvalue weighted by Gasteiger charge is -2.36. The van der Waals surface area contributed by atoms with Crippen molar-refractivity contribution in [2.24, 2.45) is 0 Å². The van der Waals surface area contributed by atoms with Gasteiger partial charge in [0.1, 0.15) is 5.82 Å². The summed E-state index contributed by atoms with van der Waals surface area (Å²) < 4.78 is 0. The minimum atomic E-state index is 0.814. The summed E-state index contributed by atoms with van der Waals surface area (Å²) in [4.78, 5) is 13.9. The van der Waals surface area contributed by atoms with Crippen molar-refractivity contribution in [2.75, 3.05) is 31.1 Å². The van der Waals surface area contributed by atoms with Crippen LogP contribution in [0.3, 0.4) is 0 Å². The number of piperazine rings is 1. The molecule has 6 nitrogen and oxygen atoms in total. The molecule has 1 fully saturated rings. The molecule has 0 unspecified atom stereocenters. The lowest BCUT2D eigenvalue weighted by Crippen LogP contribution is -2.46. The van der Waals surface area contributed by atoms with Gasteiger partial charge in [0.25, 0.3) is 0 Å². The number of nitrogens with one attached hydrogen (secondary N) is 1. The number of benzene rings is 1. The topological polar surface area (TPSA) is 60.9 Å². The fourth-order valence-corrected chi connectivity index (χ4v) is 3.35. The Kier molecular flexibility index (Phi) is 3.90. The predicted molar refractivity (Wildman–Crippen MR) is 95.1 cm³/mol. The van der Waals surface area contributed by atoms with E-state index in [0.29, 0.717) is 0 Å². The monoisotopic (exact) mass is 322 g/mol. The number of para-hydroxylation sites is 1. The minimum absolute atomic E-state index is 0.814. The molecule has 1 aliphatic rings. The second-order valence-electron chi connectivity index (χ2n) is 6.40. The lowest BCUT2D eigenvalue weighted by atomic mass is 10.1. The van der Waals surface area contributed by atoms with Gasteiger partial charge >= 0.3 is 0 Å². The second-order valence-corrected chi connectivity index (χ2v) is 6.40. The summed E-state index contributed by atoms with van der Waals surface area (Å²) in [6.07, 6.45) is 0. The third-order valence-corrected chi connectivity index (χ3v) is 4.54. The summed E-state index contributed by atoms with van der Waals surface area (Å²) in [7, 11) is 0. The van der Waals surface area contributed by atoms with Crippen molar-refractivity contribution in [1.29, 1.82) is 0 Å². The number of aromatic amines is 1. The highest BCUT2D eigenvalue weighted by molar-refractivity contribution is 5.92. The molecule has 6 heteroatoms. The number of hydrogen-bond acceptors (Lipinski definition) is 5. The summed E-state index contributed by atoms with van der Waals surface area (Å²) >= 11 is 0. The highest BCUT2D eigenvalue weighted by Gasteiger charge is 2.20. The van der Waals surface area contributed by atoms with Crippen LogP contribution in [-0.2, 0) is 6.54 Å². The van der Waals surface area contributed by atoms with Crippen molar-refractivity contribution in [3.05, 3.63) is 47.7 Å². The van der Waals surface area contributed by atoms with Gasteiger partial charge in [0.2, 0.25) is 0 Å². The molecule has 0 radical (unpaired) electrons. The Morgan fingerprint density at radius 2 is 1.83 bits per heavy atom. The highest BCUT2D eigenvalue weighted by atomic mass is 15.3. The number of H-pyrrole nitrogens is 1. The molecule has 1 saturated heterocycles. The van der Waals surface area contributed by atoms with E-state index >= 15 is 0 Å². The molecule has 1 aliphatic heterocycles. The molecule has 0 atom stereocenters. The van der Waals surface area contributed by atoms with E-state index in [4.69, 9.17) is 0 Å². The molecule has 24 heavy (non-hydrogen) atoms. The molecule has 4 rings (SSSR count). The number of pyridine rings is 1. The van der Waals surface area contributed by atoms with Gasteiger partial charge in [-0.1, -0.05) is 18.2 Å². The summed E-state index contributed by atoms with van der Waals surface area (Å²) in [5.74, 6) is 1.76. The standard InChI is InChI=1S/C18H22N6/c1-13-11-17(15-5-3-4-6-16(15)19-13)24-9-7-23(8-10-24)12-18-20-14(2)21-22-18/h3-6,11H,7-10,12H2,1-2H3,(H,20,21,22). The maximum atomic E-state index is 4.65. The molecule has 0 saturated carbocycles. The van der Waals surface area contributed by atoms with Gasteiger partial charge in [-0.25, -0.2) is 4.98 Å². The van der Waals surface area contributed by atoms with Crippen LogP contribution in [0, 0.1) is 13.8 Å². The zero-order valence-corrected chi connectivity index (χ0v) is 14.2. The number of anilines is 1. The zero-order chi connectivity index (χ0) is 16.5. The SMILES string of the molecule is Cc1cc(N2CCN(Cc3n[nH]c(C)n3)CC2)c2ccccc2n1. The summed E-state index contributed by atoms with van der Waals surface area (Å²) in [6, 6.07) is 10.6. The van der Waals surface area contributed by atoms with E-state index in [1.54, 1.807) is 0 Å². The summed E-state index contributed by atoms with van der Waals surface area (Å²) in [5.41, 5.74) is 3.44. The van der Waals surface area contributed by atoms with E-state index in [2.05, 4.69) is 67.2 Å². The summed E-state index contributed by atoms with van der Waals surface area (Å²) in [5, 5.41) is 8.39. The maximum absolute atomic E-state index is 4.65. The third-order valence-electron chi connectivity index (χ3n) is 4.54. The Bertz CT molecular complexity index is 848. The van der Waals surface area contributed by atoms with Crippen molar-refractivity contribution < 1.29 is 0 Å². The molecule has 1 aromatic carbocycles. The number of nitrogens with zero attached hydrogens (tertiary/aromatic N) is 5. The van der Waals surface area contributed by atoms with Gasteiger partial charge in [-0.3, -0.25) is 15.0 Å². The van der Waals surface area contributed by atoms with Crippen LogP contribution < -0.4 is 4.90 Å². The van der Waals surface area contributed by atoms with E-state index in [-0.39, 0.29) is 0 Å². The van der Waals surface area contributed by atoms with Crippen LogP contribution in [0.4, 0.5) is 5.69 Å². The molecule has 0 aliphatic carbocycles. The molecule has 0 spiro atoms. The Morgan fingerprint density at radius 3 is 2.58 bits per heavy atom. The van der Waals surface area contributed by atoms with Gasteiger partial charge in [0, 0.05) is 42.9 Å². The minimum Gasteiger partial charge on any atom is -0.368 e. The second kappa shape index (κ2) is 6.20. The van der Waals surface area contributed by atoms with Crippen LogP contribution in [0.2, 0.25) is 0 Å². The van der Waals surface area contributed by atoms with Crippen molar-refractivity contribution in [3.63, 3.8) is 0 Å². The number of hydrogen-bond donors (Lipinski definition) is 1. The van der Waals surface area contributed by atoms with E-state index in [0.717, 1.165) is 55.6 Å². The van der Waals surface area contributed by atoms with Crippen LogP contribution in [0.15, 0.2) is 30.3 Å². The lowest BCUT2D eigenvalue weighted by molar-refractivity contribution is 0.244. The number of aryl methyl sites for hydroxylation is 2. The molecular formula is C18H22N6. The van der Waals surface area contributed by atoms with Gasteiger partial charge in [-0.05, 0) is 26.0 Å². The first-order chi connectivity index (χ1) is 11.7. The Labute approximate surface area is 141 Å². The maximum Gasteiger partial charge on any atom is 0.164 e. The first-order valence-electron chi connectivity index (χ1n) is 8.40. The smallest absolute Gasteiger partial charge is 0.164 e. The number of rotatable bonds is 3. The van der Waals surface area contributed by atoms with Gasteiger partial charge < -0.3 is 4.90 Å². The fraction of sp³-hybridized carbons (Fsp3) is 0.389. The van der Waals surface area contributed by atoms with Crippen molar-refractivity contribution in [1.82, 2.24) is 25.1 Å². The van der Waals surface area contributed by atoms with Crippen LogP contribution in [0.1, 0.15) is 17.3 Å². The molecule has 0 bridgehead atoms. The fourth-order valence-electron chi connectivity index (χ4n) is 3.35. The average Bonchev–Trinajstić information content (AvgIpc) is 3.00. The highest BCUT2D eigenvalue weighted by Crippen LogP contribution is 2.27. The predicted octanol–water partition coefficient (Wildman–Crippen LogP) is 2.29. The summed E-state index contributed by atoms with van der Waals surface area (Å²) in [6.45, 7) is 8.87.